The van der Waals surface area contributed by atoms with Gasteiger partial charge in [0.25, 0.3) is 0 Å². The van der Waals surface area contributed by atoms with Crippen LogP contribution in [0.25, 0.3) is 0 Å². The summed E-state index contributed by atoms with van der Waals surface area (Å²) < 4.78 is 0. The predicted octanol–water partition coefficient (Wildman–Crippen LogP) is 5.17. The van der Waals surface area contributed by atoms with Crippen molar-refractivity contribution in [3.8, 4) is 0 Å². The lowest BCUT2D eigenvalue weighted by Gasteiger charge is -2.29. The molecular weight excluding hydrogens is 242 g/mol. The molecule has 0 amide bonds. The number of rotatable bonds is 5. The summed E-state index contributed by atoms with van der Waals surface area (Å²) in [7, 11) is 0. The molecule has 2 atom stereocenters. The van der Waals surface area contributed by atoms with E-state index in [-0.39, 0.29) is 5.54 Å². The average Bonchev–Trinajstić information content (AvgIpc) is 2.64. The molecule has 1 heteroatoms. The first-order valence-corrected chi connectivity index (χ1v) is 8.56. The molecule has 1 aromatic carbocycles. The molecule has 1 nitrogen and oxygen atoms in total. The van der Waals surface area contributed by atoms with Gasteiger partial charge in [-0.2, -0.15) is 0 Å². The van der Waals surface area contributed by atoms with Crippen LogP contribution in [0.4, 0.5) is 0 Å². The van der Waals surface area contributed by atoms with E-state index in [0.717, 1.165) is 18.8 Å². The summed E-state index contributed by atoms with van der Waals surface area (Å²) >= 11 is 0. The van der Waals surface area contributed by atoms with Crippen molar-refractivity contribution >= 4 is 0 Å². The third-order valence-electron chi connectivity index (χ3n) is 4.97. The van der Waals surface area contributed by atoms with Crippen LogP contribution < -0.4 is 5.73 Å². The SMILES string of the molecule is CCCc1cccc(C2(N)CCCC(CCC)CC2)c1. The van der Waals surface area contributed by atoms with Crippen LogP contribution in [0, 0.1) is 5.92 Å². The Hall–Kier alpha value is -0.820. The van der Waals surface area contributed by atoms with Crippen LogP contribution >= 0.6 is 0 Å². The first kappa shape index (κ1) is 15.6. The Balaban J connectivity index is 2.11. The van der Waals surface area contributed by atoms with Gasteiger partial charge in [-0.1, -0.05) is 70.2 Å². The molecule has 1 aromatic rings. The van der Waals surface area contributed by atoms with Crippen molar-refractivity contribution in [3.05, 3.63) is 35.4 Å². The van der Waals surface area contributed by atoms with Crippen LogP contribution in [0.5, 0.6) is 0 Å². The van der Waals surface area contributed by atoms with Gasteiger partial charge in [0, 0.05) is 5.54 Å². The Morgan fingerprint density at radius 2 is 2.00 bits per heavy atom. The Labute approximate surface area is 125 Å². The monoisotopic (exact) mass is 273 g/mol. The van der Waals surface area contributed by atoms with E-state index in [4.69, 9.17) is 5.73 Å². The molecule has 0 aromatic heterocycles. The van der Waals surface area contributed by atoms with E-state index in [0.29, 0.717) is 0 Å². The number of nitrogens with two attached hydrogens (primary N) is 1. The van der Waals surface area contributed by atoms with Gasteiger partial charge in [0.1, 0.15) is 0 Å². The molecule has 0 saturated heterocycles. The summed E-state index contributed by atoms with van der Waals surface area (Å²) in [5, 5.41) is 0. The Bertz CT molecular complexity index is 412. The minimum absolute atomic E-state index is 0.0771. The second-order valence-corrected chi connectivity index (χ2v) is 6.69. The first-order valence-electron chi connectivity index (χ1n) is 8.56. The van der Waals surface area contributed by atoms with E-state index in [9.17, 15) is 0 Å². The smallest absolute Gasteiger partial charge is 0.0409 e. The molecule has 1 aliphatic carbocycles. The average molecular weight is 273 g/mol. The fraction of sp³-hybridized carbons (Fsp3) is 0.684. The van der Waals surface area contributed by atoms with Crippen molar-refractivity contribution in [1.29, 1.82) is 0 Å². The van der Waals surface area contributed by atoms with Gasteiger partial charge in [0.2, 0.25) is 0 Å². The molecule has 20 heavy (non-hydrogen) atoms. The molecule has 1 fully saturated rings. The second-order valence-electron chi connectivity index (χ2n) is 6.69. The maximum Gasteiger partial charge on any atom is 0.0409 e. The summed E-state index contributed by atoms with van der Waals surface area (Å²) in [6, 6.07) is 9.05. The molecule has 0 heterocycles. The lowest BCUT2D eigenvalue weighted by molar-refractivity contribution is 0.367. The van der Waals surface area contributed by atoms with E-state index >= 15 is 0 Å². The zero-order valence-corrected chi connectivity index (χ0v) is 13.3. The maximum absolute atomic E-state index is 6.80. The molecule has 0 spiro atoms. The summed E-state index contributed by atoms with van der Waals surface area (Å²) in [6.07, 6.45) is 11.4. The van der Waals surface area contributed by atoms with Gasteiger partial charge in [-0.3, -0.25) is 0 Å². The maximum atomic E-state index is 6.80. The Morgan fingerprint density at radius 3 is 2.75 bits per heavy atom. The van der Waals surface area contributed by atoms with Gasteiger partial charge in [-0.15, -0.1) is 0 Å². The Kier molecular flexibility index (Phi) is 5.65. The molecule has 1 saturated carbocycles. The van der Waals surface area contributed by atoms with Crippen molar-refractivity contribution in [2.45, 2.75) is 77.2 Å². The third-order valence-corrected chi connectivity index (χ3v) is 4.97. The molecular formula is C19H31N. The minimum atomic E-state index is -0.0771. The molecule has 0 bridgehead atoms. The van der Waals surface area contributed by atoms with Gasteiger partial charge >= 0.3 is 0 Å². The summed E-state index contributed by atoms with van der Waals surface area (Å²) in [5.74, 6) is 0.907. The summed E-state index contributed by atoms with van der Waals surface area (Å²) in [4.78, 5) is 0. The van der Waals surface area contributed by atoms with Crippen LogP contribution in [0.1, 0.15) is 76.3 Å². The normalized spacial score (nSPS) is 27.2. The molecule has 0 radical (unpaired) electrons. The number of hydrogen-bond donors (Lipinski definition) is 1. The number of aryl methyl sites for hydroxylation is 1. The van der Waals surface area contributed by atoms with Gasteiger partial charge in [0.15, 0.2) is 0 Å². The summed E-state index contributed by atoms with van der Waals surface area (Å²) in [5.41, 5.74) is 9.55. The second kappa shape index (κ2) is 7.26. The minimum Gasteiger partial charge on any atom is -0.321 e. The predicted molar refractivity (Wildman–Crippen MR) is 87.8 cm³/mol. The highest BCUT2D eigenvalue weighted by Gasteiger charge is 2.30. The van der Waals surface area contributed by atoms with Crippen molar-refractivity contribution < 1.29 is 0 Å². The van der Waals surface area contributed by atoms with Gasteiger partial charge in [0.05, 0.1) is 0 Å². The highest BCUT2D eigenvalue weighted by atomic mass is 14.7. The zero-order valence-electron chi connectivity index (χ0n) is 13.3. The quantitative estimate of drug-likeness (QED) is 0.735. The highest BCUT2D eigenvalue weighted by Crippen LogP contribution is 2.37. The Morgan fingerprint density at radius 1 is 1.15 bits per heavy atom. The van der Waals surface area contributed by atoms with Gasteiger partial charge in [-0.25, -0.2) is 0 Å². The van der Waals surface area contributed by atoms with E-state index in [2.05, 4.69) is 38.1 Å². The first-order chi connectivity index (χ1) is 9.68. The van der Waals surface area contributed by atoms with Crippen LogP contribution in [-0.4, -0.2) is 0 Å². The lowest BCUT2D eigenvalue weighted by Crippen LogP contribution is -2.36. The largest absolute Gasteiger partial charge is 0.321 e. The van der Waals surface area contributed by atoms with E-state index < -0.39 is 0 Å². The molecule has 112 valence electrons. The molecule has 2 unspecified atom stereocenters. The molecule has 1 aliphatic rings. The topological polar surface area (TPSA) is 26.0 Å². The van der Waals surface area contributed by atoms with Crippen LogP contribution in [0.3, 0.4) is 0 Å². The van der Waals surface area contributed by atoms with Crippen LogP contribution in [0.2, 0.25) is 0 Å². The third kappa shape index (κ3) is 3.85. The van der Waals surface area contributed by atoms with Crippen molar-refractivity contribution in [3.63, 3.8) is 0 Å². The summed E-state index contributed by atoms with van der Waals surface area (Å²) in [6.45, 7) is 4.54. The molecule has 2 rings (SSSR count). The van der Waals surface area contributed by atoms with Crippen molar-refractivity contribution in [1.82, 2.24) is 0 Å². The van der Waals surface area contributed by atoms with Gasteiger partial charge in [-0.05, 0) is 42.7 Å². The van der Waals surface area contributed by atoms with Gasteiger partial charge < -0.3 is 5.73 Å². The molecule has 2 N–H and O–H groups in total. The van der Waals surface area contributed by atoms with E-state index in [1.54, 1.807) is 0 Å². The van der Waals surface area contributed by atoms with Crippen molar-refractivity contribution in [2.75, 3.05) is 0 Å². The van der Waals surface area contributed by atoms with Crippen molar-refractivity contribution in [2.24, 2.45) is 11.7 Å². The number of benzene rings is 1. The van der Waals surface area contributed by atoms with Crippen LogP contribution in [-0.2, 0) is 12.0 Å². The highest BCUT2D eigenvalue weighted by molar-refractivity contribution is 5.29. The number of hydrogen-bond acceptors (Lipinski definition) is 1. The zero-order chi connectivity index (χ0) is 14.4. The molecule has 0 aliphatic heterocycles. The fourth-order valence-corrected chi connectivity index (χ4v) is 3.75. The van der Waals surface area contributed by atoms with E-state index in [1.807, 2.05) is 0 Å². The van der Waals surface area contributed by atoms with E-state index in [1.165, 1.54) is 56.1 Å². The lowest BCUT2D eigenvalue weighted by atomic mass is 9.82. The standard InChI is InChI=1S/C19H31N/c1-3-7-16-10-6-13-19(20,14-12-16)18-11-5-9-17(15-18)8-4-2/h5,9,11,15-16H,3-4,6-8,10,12-14,20H2,1-2H3. The fourth-order valence-electron chi connectivity index (χ4n) is 3.75. The van der Waals surface area contributed by atoms with Crippen LogP contribution in [0.15, 0.2) is 24.3 Å².